The van der Waals surface area contributed by atoms with Gasteiger partial charge in [-0.1, -0.05) is 60.7 Å². The Balaban J connectivity index is 1.02. The summed E-state index contributed by atoms with van der Waals surface area (Å²) in [6, 6.07) is 22.2. The molecule has 6 rings (SSSR count). The maximum absolute atomic E-state index is 12.7. The second-order valence-corrected chi connectivity index (χ2v) is 12.4. The van der Waals surface area contributed by atoms with Gasteiger partial charge in [0.1, 0.15) is 29.9 Å². The molecule has 10 heteroatoms. The van der Waals surface area contributed by atoms with Crippen LogP contribution in [0, 0.1) is 19.8 Å². The molecule has 1 fully saturated rings. The molecule has 2 aromatic carbocycles. The molecule has 2 aromatic heterocycles. The van der Waals surface area contributed by atoms with Crippen LogP contribution in [-0.2, 0) is 27.4 Å². The zero-order valence-corrected chi connectivity index (χ0v) is 27.0. The number of benzene rings is 2. The van der Waals surface area contributed by atoms with Crippen LogP contribution in [0.3, 0.4) is 0 Å². The van der Waals surface area contributed by atoms with Crippen molar-refractivity contribution in [2.45, 2.75) is 58.5 Å². The van der Waals surface area contributed by atoms with Crippen LogP contribution in [0.5, 0.6) is 0 Å². The van der Waals surface area contributed by atoms with Crippen molar-refractivity contribution < 1.29 is 19.4 Å². The number of aryl methyl sites for hydroxylation is 2. The van der Waals surface area contributed by atoms with Crippen LogP contribution in [-0.4, -0.2) is 58.2 Å². The van der Waals surface area contributed by atoms with Crippen molar-refractivity contribution in [2.24, 2.45) is 5.92 Å². The predicted octanol–water partition coefficient (Wildman–Crippen LogP) is 6.14. The number of rotatable bonds is 11. The number of aliphatic carboxylic acids is 1. The van der Waals surface area contributed by atoms with Gasteiger partial charge >= 0.3 is 11.9 Å². The first-order valence-corrected chi connectivity index (χ1v) is 16.4. The normalized spacial score (nSPS) is 15.3. The van der Waals surface area contributed by atoms with E-state index in [1.807, 2.05) is 68.4 Å². The fourth-order valence-corrected chi connectivity index (χ4v) is 6.37. The minimum Gasteiger partial charge on any atom is -0.481 e. The number of hydrogen-bond acceptors (Lipinski definition) is 9. The van der Waals surface area contributed by atoms with Crippen LogP contribution in [0.1, 0.15) is 59.8 Å². The molecule has 0 aliphatic carbocycles. The van der Waals surface area contributed by atoms with E-state index >= 15 is 0 Å². The minimum absolute atomic E-state index is 0.0348. The molecule has 1 atom stereocenters. The van der Waals surface area contributed by atoms with Gasteiger partial charge in [0.15, 0.2) is 0 Å². The summed E-state index contributed by atoms with van der Waals surface area (Å²) in [6.45, 7) is 6.56. The van der Waals surface area contributed by atoms with Crippen LogP contribution in [0.4, 0.5) is 17.5 Å². The highest BCUT2D eigenvalue weighted by Gasteiger charge is 2.27. The number of ether oxygens (including phenoxy) is 1. The van der Waals surface area contributed by atoms with Crippen LogP contribution in [0.25, 0.3) is 11.1 Å². The van der Waals surface area contributed by atoms with E-state index in [9.17, 15) is 14.7 Å². The summed E-state index contributed by atoms with van der Waals surface area (Å²) in [4.78, 5) is 41.3. The number of pyridine rings is 1. The van der Waals surface area contributed by atoms with Crippen LogP contribution >= 0.6 is 0 Å². The van der Waals surface area contributed by atoms with Gasteiger partial charge in [-0.25, -0.2) is 15.0 Å². The van der Waals surface area contributed by atoms with E-state index in [4.69, 9.17) is 14.7 Å². The molecule has 0 unspecified atom stereocenters. The van der Waals surface area contributed by atoms with E-state index in [0.717, 1.165) is 84.9 Å². The summed E-state index contributed by atoms with van der Waals surface area (Å²) in [5.74, 6) is 0.853. The van der Waals surface area contributed by atoms with E-state index in [-0.39, 0.29) is 19.6 Å². The van der Waals surface area contributed by atoms with Gasteiger partial charge in [0, 0.05) is 43.4 Å². The lowest BCUT2D eigenvalue weighted by Crippen LogP contribution is -2.35. The van der Waals surface area contributed by atoms with Crippen molar-refractivity contribution in [1.29, 1.82) is 0 Å². The summed E-state index contributed by atoms with van der Waals surface area (Å²) < 4.78 is 5.45. The molecule has 3 N–H and O–H groups in total. The maximum atomic E-state index is 12.7. The van der Waals surface area contributed by atoms with E-state index in [1.54, 1.807) is 0 Å². The summed E-state index contributed by atoms with van der Waals surface area (Å²) in [7, 11) is 0. The van der Waals surface area contributed by atoms with Gasteiger partial charge < -0.3 is 25.4 Å². The Bertz CT molecular complexity index is 1700. The molecule has 47 heavy (non-hydrogen) atoms. The maximum Gasteiger partial charge on any atom is 0.308 e. The van der Waals surface area contributed by atoms with Gasteiger partial charge in [-0.2, -0.15) is 0 Å². The van der Waals surface area contributed by atoms with Crippen molar-refractivity contribution in [2.75, 3.05) is 41.7 Å². The summed E-state index contributed by atoms with van der Waals surface area (Å²) in [6.07, 6.45) is 3.92. The Morgan fingerprint density at radius 3 is 2.47 bits per heavy atom. The summed E-state index contributed by atoms with van der Waals surface area (Å²) >= 11 is 0. The number of carbonyl (C=O) groups is 2. The van der Waals surface area contributed by atoms with Gasteiger partial charge in [-0.05, 0) is 67.9 Å². The molecule has 0 spiro atoms. The Morgan fingerprint density at radius 1 is 0.979 bits per heavy atom. The zero-order chi connectivity index (χ0) is 32.8. The smallest absolute Gasteiger partial charge is 0.308 e. The fourth-order valence-electron chi connectivity index (χ4n) is 6.37. The molecular formula is C37H42N6O4. The molecule has 2 aliphatic heterocycles. The van der Waals surface area contributed by atoms with Crippen molar-refractivity contribution in [3.05, 3.63) is 94.9 Å². The SMILES string of the molecule is Cc1nc(NC[C@H](CC(=O)OCc2ccc(-c3ccccc3)cc2)C(=O)O)c(C)c(N2CCC(c3ccc4c(n3)NCCC4)CC2)n1. The molecule has 4 aromatic rings. The largest absolute Gasteiger partial charge is 0.481 e. The van der Waals surface area contributed by atoms with Gasteiger partial charge in [0.05, 0.1) is 12.3 Å². The Kier molecular flexibility index (Phi) is 9.94. The Labute approximate surface area is 275 Å². The second kappa shape index (κ2) is 14.6. The van der Waals surface area contributed by atoms with Crippen LogP contribution in [0.2, 0.25) is 0 Å². The lowest BCUT2D eigenvalue weighted by atomic mass is 9.92. The number of anilines is 3. The number of carboxylic acid groups (broad SMARTS) is 1. The number of piperidine rings is 1. The molecule has 10 nitrogen and oxygen atoms in total. The van der Waals surface area contributed by atoms with Crippen molar-refractivity contribution >= 4 is 29.4 Å². The van der Waals surface area contributed by atoms with E-state index < -0.39 is 17.9 Å². The van der Waals surface area contributed by atoms with Crippen LogP contribution < -0.4 is 15.5 Å². The molecule has 1 saturated heterocycles. The molecule has 0 saturated carbocycles. The number of carboxylic acids is 1. The third-order valence-corrected chi connectivity index (χ3v) is 9.10. The molecule has 0 bridgehead atoms. The second-order valence-electron chi connectivity index (χ2n) is 12.4. The highest BCUT2D eigenvalue weighted by Crippen LogP contribution is 2.33. The average Bonchev–Trinajstić information content (AvgIpc) is 3.10. The third-order valence-electron chi connectivity index (χ3n) is 9.10. The quantitative estimate of drug-likeness (QED) is 0.165. The first-order chi connectivity index (χ1) is 22.8. The van der Waals surface area contributed by atoms with Gasteiger partial charge in [-0.3, -0.25) is 9.59 Å². The van der Waals surface area contributed by atoms with Crippen molar-refractivity contribution in [1.82, 2.24) is 15.0 Å². The lowest BCUT2D eigenvalue weighted by molar-refractivity contribution is -0.152. The van der Waals surface area contributed by atoms with Gasteiger partial charge in [-0.15, -0.1) is 0 Å². The molecule has 244 valence electrons. The lowest BCUT2D eigenvalue weighted by Gasteiger charge is -2.34. The first kappa shape index (κ1) is 32.0. The average molecular weight is 635 g/mol. The minimum atomic E-state index is -1.07. The van der Waals surface area contributed by atoms with Crippen molar-refractivity contribution in [3.8, 4) is 11.1 Å². The highest BCUT2D eigenvalue weighted by atomic mass is 16.5. The van der Waals surface area contributed by atoms with Gasteiger partial charge in [0.2, 0.25) is 0 Å². The van der Waals surface area contributed by atoms with E-state index in [0.29, 0.717) is 17.6 Å². The molecular weight excluding hydrogens is 592 g/mol. The van der Waals surface area contributed by atoms with E-state index in [2.05, 4.69) is 32.7 Å². The summed E-state index contributed by atoms with van der Waals surface area (Å²) in [5, 5.41) is 16.5. The zero-order valence-electron chi connectivity index (χ0n) is 27.0. The number of aromatic nitrogens is 3. The monoisotopic (exact) mass is 634 g/mol. The van der Waals surface area contributed by atoms with Crippen molar-refractivity contribution in [3.63, 3.8) is 0 Å². The number of hydrogen-bond donors (Lipinski definition) is 3. The Hall–Kier alpha value is -4.99. The fraction of sp³-hybridized carbons (Fsp3) is 0.378. The topological polar surface area (TPSA) is 130 Å². The number of esters is 1. The first-order valence-electron chi connectivity index (χ1n) is 16.4. The number of carbonyl (C=O) groups excluding carboxylic acids is 1. The third kappa shape index (κ3) is 7.88. The number of nitrogens with one attached hydrogen (secondary N) is 2. The molecule has 2 aliphatic rings. The molecule has 0 radical (unpaired) electrons. The molecule has 0 amide bonds. The Morgan fingerprint density at radius 2 is 1.72 bits per heavy atom. The highest BCUT2D eigenvalue weighted by molar-refractivity contribution is 5.79. The van der Waals surface area contributed by atoms with E-state index in [1.165, 1.54) is 5.56 Å². The summed E-state index contributed by atoms with van der Waals surface area (Å²) in [5.41, 5.74) is 6.32. The number of nitrogens with zero attached hydrogens (tertiary/aromatic N) is 4. The standard InChI is InChI=1S/C37H42N6O4/c1-24-34(39-22-31(37(45)46)21-33(44)47-23-26-10-12-28(13-11-26)27-7-4-3-5-8-27)40-25(2)41-36(24)43-19-16-29(17-20-43)32-15-14-30-9-6-18-38-35(30)42-32/h3-5,7-8,10-15,29,31H,6,9,16-23H2,1-2H3,(H,38,42)(H,45,46)(H,39,40,41)/t31-/m0/s1. The number of fused-ring (bicyclic) bond motifs is 1. The molecule has 4 heterocycles. The predicted molar refractivity (Wildman–Crippen MR) is 183 cm³/mol. The van der Waals surface area contributed by atoms with Crippen LogP contribution in [0.15, 0.2) is 66.7 Å². The van der Waals surface area contributed by atoms with Gasteiger partial charge in [0.25, 0.3) is 0 Å².